The Hall–Kier alpha value is -1.15. The Labute approximate surface area is 106 Å². The Kier molecular flexibility index (Phi) is 3.33. The molecule has 9 heteroatoms. The monoisotopic (exact) mass is 296 g/mol. The van der Waals surface area contributed by atoms with Gasteiger partial charge in [0.25, 0.3) is 5.56 Å². The van der Waals surface area contributed by atoms with Crippen LogP contribution in [-0.4, -0.2) is 29.5 Å². The Morgan fingerprint density at radius 1 is 1.28 bits per heavy atom. The van der Waals surface area contributed by atoms with E-state index in [2.05, 4.69) is 0 Å². The van der Waals surface area contributed by atoms with Gasteiger partial charge in [0.05, 0.1) is 11.5 Å². The lowest BCUT2D eigenvalue weighted by atomic mass is 10.1. The molecule has 0 bridgehead atoms. The maximum atomic E-state index is 13.3. The molecule has 0 radical (unpaired) electrons. The van der Waals surface area contributed by atoms with Gasteiger partial charge in [0, 0.05) is 6.04 Å². The fourth-order valence-electron chi connectivity index (χ4n) is 1.97. The van der Waals surface area contributed by atoms with Crippen LogP contribution in [0.4, 0.5) is 4.39 Å². The molecule has 1 aliphatic heterocycles. The smallest absolute Gasteiger partial charge is 0.295 e. The van der Waals surface area contributed by atoms with Crippen molar-refractivity contribution >= 4 is 21.4 Å². The van der Waals surface area contributed by atoms with E-state index in [1.807, 2.05) is 4.98 Å². The van der Waals surface area contributed by atoms with Gasteiger partial charge in [-0.15, -0.1) is 0 Å². The molecule has 6 nitrogen and oxygen atoms in total. The van der Waals surface area contributed by atoms with Gasteiger partial charge < -0.3 is 0 Å². The molecule has 1 aromatic heterocycles. The van der Waals surface area contributed by atoms with Gasteiger partial charge in [-0.1, -0.05) is 11.6 Å². The van der Waals surface area contributed by atoms with Crippen molar-refractivity contribution < 1.29 is 12.8 Å². The number of aromatic nitrogens is 2. The Bertz CT molecular complexity index is 679. The van der Waals surface area contributed by atoms with Gasteiger partial charge in [-0.05, 0) is 12.8 Å². The number of aromatic amines is 1. The topological polar surface area (TPSA) is 89.0 Å². The van der Waals surface area contributed by atoms with Crippen molar-refractivity contribution in [2.45, 2.75) is 18.9 Å². The number of rotatable bonds is 1. The predicted octanol–water partition coefficient (Wildman–Crippen LogP) is 0.0788. The molecule has 2 heterocycles. The third-order valence-electron chi connectivity index (χ3n) is 2.92. The van der Waals surface area contributed by atoms with E-state index in [1.165, 1.54) is 0 Å². The summed E-state index contributed by atoms with van der Waals surface area (Å²) in [4.78, 5) is 25.2. The van der Waals surface area contributed by atoms with E-state index < -0.39 is 38.1 Å². The van der Waals surface area contributed by atoms with Crippen molar-refractivity contribution in [3.05, 3.63) is 31.8 Å². The zero-order chi connectivity index (χ0) is 13.5. The summed E-state index contributed by atoms with van der Waals surface area (Å²) in [5.74, 6) is -1.47. The summed E-state index contributed by atoms with van der Waals surface area (Å²) in [5, 5.41) is -0.635. The van der Waals surface area contributed by atoms with Gasteiger partial charge >= 0.3 is 5.69 Å². The molecule has 2 rings (SSSR count). The first kappa shape index (κ1) is 13.3. The Balaban J connectivity index is 2.45. The van der Waals surface area contributed by atoms with E-state index in [1.54, 1.807) is 0 Å². The van der Waals surface area contributed by atoms with Gasteiger partial charge in [-0.3, -0.25) is 14.3 Å². The maximum Gasteiger partial charge on any atom is 0.329 e. The molecule has 1 fully saturated rings. The third-order valence-corrected chi connectivity index (χ3v) is 4.90. The van der Waals surface area contributed by atoms with Crippen molar-refractivity contribution in [1.29, 1.82) is 0 Å². The van der Waals surface area contributed by atoms with E-state index in [0.29, 0.717) is 4.57 Å². The first-order valence-corrected chi connectivity index (χ1v) is 7.42. The van der Waals surface area contributed by atoms with Crippen molar-refractivity contribution in [2.24, 2.45) is 0 Å². The van der Waals surface area contributed by atoms with Crippen LogP contribution in [0, 0.1) is 5.82 Å². The first-order chi connectivity index (χ1) is 8.32. The van der Waals surface area contributed by atoms with E-state index in [-0.39, 0.29) is 24.3 Å². The first-order valence-electron chi connectivity index (χ1n) is 5.22. The number of hydrogen-bond donors (Lipinski definition) is 1. The van der Waals surface area contributed by atoms with Crippen LogP contribution >= 0.6 is 11.6 Å². The van der Waals surface area contributed by atoms with Crippen LogP contribution < -0.4 is 11.2 Å². The highest BCUT2D eigenvalue weighted by Crippen LogP contribution is 2.21. The lowest BCUT2D eigenvalue weighted by Crippen LogP contribution is -2.42. The van der Waals surface area contributed by atoms with Crippen molar-refractivity contribution in [3.63, 3.8) is 0 Å². The second kappa shape index (κ2) is 4.51. The predicted molar refractivity (Wildman–Crippen MR) is 63.2 cm³/mol. The van der Waals surface area contributed by atoms with Crippen LogP contribution in [0.15, 0.2) is 9.59 Å². The number of hydrogen-bond acceptors (Lipinski definition) is 4. The molecule has 0 amide bonds. The minimum Gasteiger partial charge on any atom is -0.295 e. The number of H-pyrrole nitrogens is 1. The molecule has 1 N–H and O–H groups in total. The average molecular weight is 297 g/mol. The van der Waals surface area contributed by atoms with Crippen LogP contribution in [-0.2, 0) is 9.84 Å². The largest absolute Gasteiger partial charge is 0.329 e. The minimum atomic E-state index is -3.12. The van der Waals surface area contributed by atoms with Crippen molar-refractivity contribution in [3.8, 4) is 0 Å². The molecular weight excluding hydrogens is 287 g/mol. The van der Waals surface area contributed by atoms with E-state index >= 15 is 0 Å². The van der Waals surface area contributed by atoms with E-state index in [0.717, 1.165) is 0 Å². The molecular formula is C9H10ClFN2O4S. The van der Waals surface area contributed by atoms with Gasteiger partial charge in [-0.2, -0.15) is 4.39 Å². The van der Waals surface area contributed by atoms with E-state index in [9.17, 15) is 22.4 Å². The molecule has 0 atom stereocenters. The van der Waals surface area contributed by atoms with Gasteiger partial charge in [-0.25, -0.2) is 13.2 Å². The number of sulfone groups is 1. The fourth-order valence-corrected chi connectivity index (χ4v) is 3.60. The number of nitrogens with one attached hydrogen (secondary N) is 1. The summed E-state index contributed by atoms with van der Waals surface area (Å²) in [7, 11) is -3.12. The molecule has 0 saturated carbocycles. The standard InChI is InChI=1S/C9H10ClFN2O4S/c10-7-6(11)8(14)13(9(15)12-7)5-1-3-18(16,17)4-2-5/h5H,1-4H2,(H,12,15). The number of nitrogens with zero attached hydrogens (tertiary/aromatic N) is 1. The normalized spacial score (nSPS) is 19.9. The summed E-state index contributed by atoms with van der Waals surface area (Å²) in [6, 6.07) is -0.614. The van der Waals surface area contributed by atoms with Crippen molar-refractivity contribution in [2.75, 3.05) is 11.5 Å². The lowest BCUT2D eigenvalue weighted by Gasteiger charge is -2.23. The highest BCUT2D eigenvalue weighted by molar-refractivity contribution is 7.91. The average Bonchev–Trinajstić information content (AvgIpc) is 2.28. The van der Waals surface area contributed by atoms with Crippen molar-refractivity contribution in [1.82, 2.24) is 9.55 Å². The van der Waals surface area contributed by atoms with Crippen LogP contribution in [0.2, 0.25) is 5.15 Å². The maximum absolute atomic E-state index is 13.3. The lowest BCUT2D eigenvalue weighted by molar-refractivity contribution is 0.408. The molecule has 0 aliphatic carbocycles. The molecule has 1 saturated heterocycles. The zero-order valence-electron chi connectivity index (χ0n) is 9.15. The Morgan fingerprint density at radius 3 is 2.39 bits per heavy atom. The second-order valence-corrected chi connectivity index (χ2v) is 6.80. The number of halogens is 2. The zero-order valence-corrected chi connectivity index (χ0v) is 10.7. The molecule has 18 heavy (non-hydrogen) atoms. The second-order valence-electron chi connectivity index (χ2n) is 4.12. The van der Waals surface area contributed by atoms with Crippen LogP contribution in [0.25, 0.3) is 0 Å². The highest BCUT2D eigenvalue weighted by atomic mass is 35.5. The molecule has 1 aliphatic rings. The fraction of sp³-hybridized carbons (Fsp3) is 0.556. The summed E-state index contributed by atoms with van der Waals surface area (Å²) >= 11 is 5.34. The van der Waals surface area contributed by atoms with Crippen LogP contribution in [0.1, 0.15) is 18.9 Å². The summed E-state index contributed by atoms with van der Waals surface area (Å²) in [6.45, 7) is 0. The molecule has 1 aromatic rings. The van der Waals surface area contributed by atoms with Gasteiger partial charge in [0.1, 0.15) is 9.84 Å². The van der Waals surface area contributed by atoms with E-state index in [4.69, 9.17) is 11.6 Å². The van der Waals surface area contributed by atoms with Crippen LogP contribution in [0.3, 0.4) is 0 Å². The molecule has 0 aromatic carbocycles. The summed E-state index contributed by atoms with van der Waals surface area (Å²) in [5.41, 5.74) is -1.94. The van der Waals surface area contributed by atoms with Gasteiger partial charge in [0.2, 0.25) is 5.82 Å². The summed E-state index contributed by atoms with van der Waals surface area (Å²) in [6.07, 6.45) is 0.235. The summed E-state index contributed by atoms with van der Waals surface area (Å²) < 4.78 is 36.5. The van der Waals surface area contributed by atoms with Gasteiger partial charge in [0.15, 0.2) is 5.15 Å². The highest BCUT2D eigenvalue weighted by Gasteiger charge is 2.27. The SMILES string of the molecule is O=c1[nH]c(Cl)c(F)c(=O)n1C1CCS(=O)(=O)CC1. The minimum absolute atomic E-state index is 0.117. The molecule has 0 unspecified atom stereocenters. The molecule has 100 valence electrons. The molecule has 0 spiro atoms. The Morgan fingerprint density at radius 2 is 1.83 bits per heavy atom. The van der Waals surface area contributed by atoms with Crippen LogP contribution in [0.5, 0.6) is 0 Å². The third kappa shape index (κ3) is 2.35. The quantitative estimate of drug-likeness (QED) is 0.743.